The molecule has 0 radical (unpaired) electrons. The number of carbonyl (C=O) groups is 2. The number of hydrogen-bond donors (Lipinski definition) is 1. The zero-order valence-electron chi connectivity index (χ0n) is 21.0. The molecule has 6 heteroatoms. The Kier molecular flexibility index (Phi) is 7.60. The summed E-state index contributed by atoms with van der Waals surface area (Å²) in [6.45, 7) is 9.87. The second-order valence-electron chi connectivity index (χ2n) is 10.1. The average Bonchev–Trinajstić information content (AvgIpc) is 3.45. The summed E-state index contributed by atoms with van der Waals surface area (Å²) in [5, 5.41) is 11.4. The molecule has 0 spiro atoms. The molecule has 2 heterocycles. The number of amides is 1. The maximum atomic E-state index is 13.3. The van der Waals surface area contributed by atoms with Crippen LogP contribution in [0.5, 0.6) is 5.75 Å². The van der Waals surface area contributed by atoms with Gasteiger partial charge in [-0.25, -0.2) is 0 Å². The Bertz CT molecular complexity index is 1100. The molecule has 1 amide bonds. The van der Waals surface area contributed by atoms with Crippen molar-refractivity contribution >= 4 is 17.4 Å². The molecular formula is C29H35NO5. The van der Waals surface area contributed by atoms with Gasteiger partial charge in [0.2, 0.25) is 0 Å². The molecule has 2 aromatic rings. The van der Waals surface area contributed by atoms with Crippen LogP contribution in [0.3, 0.4) is 0 Å². The van der Waals surface area contributed by atoms with E-state index in [2.05, 4.69) is 27.7 Å². The number of benzene rings is 2. The Morgan fingerprint density at radius 2 is 1.86 bits per heavy atom. The SMILES string of the molecule is CC(C)COc1cccc(/C(O)=C2/C(=O)C(=O)N(CC3CCCO3)C2c2ccc(C(C)C)cc2)c1. The Morgan fingerprint density at radius 1 is 1.11 bits per heavy atom. The monoisotopic (exact) mass is 477 g/mol. The Hall–Kier alpha value is -3.12. The quantitative estimate of drug-likeness (QED) is 0.311. The third kappa shape index (κ3) is 5.43. The fraction of sp³-hybridized carbons (Fsp3) is 0.448. The van der Waals surface area contributed by atoms with Gasteiger partial charge < -0.3 is 19.5 Å². The summed E-state index contributed by atoms with van der Waals surface area (Å²) in [4.78, 5) is 28.0. The van der Waals surface area contributed by atoms with E-state index >= 15 is 0 Å². The van der Waals surface area contributed by atoms with Crippen LogP contribution in [0.4, 0.5) is 0 Å². The zero-order valence-corrected chi connectivity index (χ0v) is 21.0. The van der Waals surface area contributed by atoms with Crippen molar-refractivity contribution in [1.82, 2.24) is 4.90 Å². The minimum absolute atomic E-state index is 0.103. The van der Waals surface area contributed by atoms with Crippen LogP contribution >= 0.6 is 0 Å². The predicted octanol–water partition coefficient (Wildman–Crippen LogP) is 5.45. The first kappa shape index (κ1) is 25.0. The van der Waals surface area contributed by atoms with Crippen LogP contribution in [0, 0.1) is 5.92 Å². The number of carbonyl (C=O) groups excluding carboxylic acids is 2. The second kappa shape index (κ2) is 10.6. The van der Waals surface area contributed by atoms with E-state index in [1.807, 2.05) is 30.3 Å². The van der Waals surface area contributed by atoms with Gasteiger partial charge in [0.05, 0.1) is 24.3 Å². The van der Waals surface area contributed by atoms with E-state index < -0.39 is 17.7 Å². The summed E-state index contributed by atoms with van der Waals surface area (Å²) in [5.74, 6) is -0.153. The zero-order chi connectivity index (χ0) is 25.1. The summed E-state index contributed by atoms with van der Waals surface area (Å²) < 4.78 is 11.6. The van der Waals surface area contributed by atoms with E-state index in [4.69, 9.17) is 9.47 Å². The minimum atomic E-state index is -0.680. The van der Waals surface area contributed by atoms with E-state index in [0.717, 1.165) is 18.4 Å². The summed E-state index contributed by atoms with van der Waals surface area (Å²) in [7, 11) is 0. The van der Waals surface area contributed by atoms with Gasteiger partial charge in [0.25, 0.3) is 11.7 Å². The van der Waals surface area contributed by atoms with E-state index in [1.165, 1.54) is 5.56 Å². The summed E-state index contributed by atoms with van der Waals surface area (Å²) in [5.41, 5.74) is 2.51. The minimum Gasteiger partial charge on any atom is -0.507 e. The smallest absolute Gasteiger partial charge is 0.295 e. The number of hydrogen-bond acceptors (Lipinski definition) is 5. The van der Waals surface area contributed by atoms with Crippen molar-refractivity contribution in [1.29, 1.82) is 0 Å². The molecule has 0 aromatic heterocycles. The normalized spacial score (nSPS) is 21.9. The highest BCUT2D eigenvalue weighted by Crippen LogP contribution is 2.40. The summed E-state index contributed by atoms with van der Waals surface area (Å²) >= 11 is 0. The number of aliphatic hydroxyl groups excluding tert-OH is 1. The summed E-state index contributed by atoms with van der Waals surface area (Å²) in [6.07, 6.45) is 1.67. The molecule has 1 N–H and O–H groups in total. The van der Waals surface area contributed by atoms with Crippen molar-refractivity contribution in [3.05, 3.63) is 70.8 Å². The molecule has 2 aliphatic rings. The first-order valence-electron chi connectivity index (χ1n) is 12.5. The lowest BCUT2D eigenvalue weighted by Crippen LogP contribution is -2.36. The fourth-order valence-corrected chi connectivity index (χ4v) is 4.64. The van der Waals surface area contributed by atoms with E-state index in [0.29, 0.717) is 42.9 Å². The highest BCUT2D eigenvalue weighted by molar-refractivity contribution is 6.46. The van der Waals surface area contributed by atoms with Crippen molar-refractivity contribution in [2.75, 3.05) is 19.8 Å². The lowest BCUT2D eigenvalue weighted by atomic mass is 9.93. The standard InChI is InChI=1S/C29H35NO5/c1-18(2)17-35-23-8-5-7-22(15-23)27(31)25-26(21-12-10-20(11-13-21)19(3)4)30(29(33)28(25)32)16-24-9-6-14-34-24/h5,7-8,10-13,15,18-19,24,26,31H,6,9,14,16-17H2,1-4H3/b27-25-. The number of Topliss-reactive ketones (excluding diaryl/α,β-unsaturated/α-hetero) is 1. The lowest BCUT2D eigenvalue weighted by Gasteiger charge is -2.27. The van der Waals surface area contributed by atoms with Crippen LogP contribution in [-0.4, -0.2) is 47.6 Å². The fourth-order valence-electron chi connectivity index (χ4n) is 4.64. The molecule has 6 nitrogen and oxygen atoms in total. The number of rotatable bonds is 8. The van der Waals surface area contributed by atoms with Crippen LogP contribution in [0.25, 0.3) is 5.76 Å². The maximum absolute atomic E-state index is 13.3. The molecule has 0 aliphatic carbocycles. The maximum Gasteiger partial charge on any atom is 0.295 e. The van der Waals surface area contributed by atoms with Crippen LogP contribution in [0.1, 0.15) is 69.2 Å². The molecular weight excluding hydrogens is 442 g/mol. The number of ether oxygens (including phenoxy) is 2. The predicted molar refractivity (Wildman–Crippen MR) is 135 cm³/mol. The molecule has 4 rings (SSSR count). The van der Waals surface area contributed by atoms with Crippen LogP contribution < -0.4 is 4.74 Å². The molecule has 2 fully saturated rings. The first-order chi connectivity index (χ1) is 16.8. The van der Waals surface area contributed by atoms with E-state index in [-0.39, 0.29) is 17.4 Å². The lowest BCUT2D eigenvalue weighted by molar-refractivity contribution is -0.140. The number of aliphatic hydroxyl groups is 1. The largest absolute Gasteiger partial charge is 0.507 e. The number of ketones is 1. The first-order valence-corrected chi connectivity index (χ1v) is 12.5. The molecule has 2 aromatic carbocycles. The van der Waals surface area contributed by atoms with Crippen molar-refractivity contribution in [3.63, 3.8) is 0 Å². The van der Waals surface area contributed by atoms with Gasteiger partial charge in [0.1, 0.15) is 11.5 Å². The van der Waals surface area contributed by atoms with Crippen molar-refractivity contribution < 1.29 is 24.2 Å². The van der Waals surface area contributed by atoms with Crippen molar-refractivity contribution in [2.24, 2.45) is 5.92 Å². The van der Waals surface area contributed by atoms with Gasteiger partial charge in [0, 0.05) is 18.7 Å². The highest BCUT2D eigenvalue weighted by Gasteiger charge is 2.47. The molecule has 35 heavy (non-hydrogen) atoms. The van der Waals surface area contributed by atoms with Gasteiger partial charge in [-0.3, -0.25) is 9.59 Å². The van der Waals surface area contributed by atoms with E-state index in [1.54, 1.807) is 23.1 Å². The molecule has 186 valence electrons. The van der Waals surface area contributed by atoms with E-state index in [9.17, 15) is 14.7 Å². The van der Waals surface area contributed by atoms with Gasteiger partial charge in [0.15, 0.2) is 0 Å². The van der Waals surface area contributed by atoms with Crippen molar-refractivity contribution in [3.8, 4) is 5.75 Å². The van der Waals surface area contributed by atoms with Gasteiger partial charge >= 0.3 is 0 Å². The third-order valence-corrected chi connectivity index (χ3v) is 6.57. The number of nitrogens with zero attached hydrogens (tertiary/aromatic N) is 1. The molecule has 2 atom stereocenters. The molecule has 2 aliphatic heterocycles. The Labute approximate surface area is 207 Å². The van der Waals surface area contributed by atoms with Gasteiger partial charge in [-0.05, 0) is 47.9 Å². The average molecular weight is 478 g/mol. The second-order valence-corrected chi connectivity index (χ2v) is 10.1. The molecule has 0 bridgehead atoms. The van der Waals surface area contributed by atoms with Crippen LogP contribution in [0.15, 0.2) is 54.1 Å². The third-order valence-electron chi connectivity index (χ3n) is 6.57. The van der Waals surface area contributed by atoms with Gasteiger partial charge in [-0.2, -0.15) is 0 Å². The highest BCUT2D eigenvalue weighted by atomic mass is 16.5. The molecule has 2 saturated heterocycles. The summed E-state index contributed by atoms with van der Waals surface area (Å²) in [6, 6.07) is 14.3. The Morgan fingerprint density at radius 3 is 2.49 bits per heavy atom. The van der Waals surface area contributed by atoms with Gasteiger partial charge in [-0.15, -0.1) is 0 Å². The number of likely N-dealkylation sites (tertiary alicyclic amines) is 1. The topological polar surface area (TPSA) is 76.1 Å². The Balaban J connectivity index is 1.76. The van der Waals surface area contributed by atoms with Crippen molar-refractivity contribution in [2.45, 2.75) is 58.6 Å². The van der Waals surface area contributed by atoms with Gasteiger partial charge in [-0.1, -0.05) is 64.1 Å². The van der Waals surface area contributed by atoms with Crippen LogP contribution in [0.2, 0.25) is 0 Å². The molecule has 2 unspecified atom stereocenters. The van der Waals surface area contributed by atoms with Crippen LogP contribution in [-0.2, 0) is 14.3 Å². The molecule has 0 saturated carbocycles.